The quantitative estimate of drug-likeness (QED) is 0.741. The minimum Gasteiger partial charge on any atom is -0.391 e. The Morgan fingerprint density at radius 1 is 1.53 bits per heavy atom. The SMILES string of the molecule is CC1CN(c2nc[nH]c(=O)c2N)CC1N(C)C. The van der Waals surface area contributed by atoms with Crippen LogP contribution >= 0.6 is 0 Å². The highest BCUT2D eigenvalue weighted by atomic mass is 16.1. The number of anilines is 2. The lowest BCUT2D eigenvalue weighted by Crippen LogP contribution is -2.34. The highest BCUT2D eigenvalue weighted by Crippen LogP contribution is 2.26. The van der Waals surface area contributed by atoms with E-state index in [0.29, 0.717) is 17.8 Å². The summed E-state index contributed by atoms with van der Waals surface area (Å²) in [6.07, 6.45) is 1.40. The van der Waals surface area contributed by atoms with E-state index in [1.54, 1.807) is 0 Å². The van der Waals surface area contributed by atoms with Crippen LogP contribution in [0.5, 0.6) is 0 Å². The van der Waals surface area contributed by atoms with Crippen LogP contribution < -0.4 is 16.2 Å². The van der Waals surface area contributed by atoms with E-state index in [2.05, 4.69) is 40.8 Å². The van der Waals surface area contributed by atoms with E-state index in [9.17, 15) is 4.79 Å². The zero-order chi connectivity index (χ0) is 12.6. The number of rotatable bonds is 2. The average molecular weight is 237 g/mol. The summed E-state index contributed by atoms with van der Waals surface area (Å²) < 4.78 is 0. The van der Waals surface area contributed by atoms with Gasteiger partial charge in [-0.1, -0.05) is 6.92 Å². The third kappa shape index (κ3) is 2.12. The molecule has 1 saturated heterocycles. The number of aromatic nitrogens is 2. The number of nitrogens with two attached hydrogens (primary N) is 1. The fourth-order valence-corrected chi connectivity index (χ4v) is 2.45. The van der Waals surface area contributed by atoms with Gasteiger partial charge in [-0.25, -0.2) is 4.98 Å². The van der Waals surface area contributed by atoms with Gasteiger partial charge in [-0.05, 0) is 20.0 Å². The molecule has 2 unspecified atom stereocenters. The molecule has 1 aliphatic heterocycles. The molecule has 0 bridgehead atoms. The Kier molecular flexibility index (Phi) is 3.06. The Bertz CT molecular complexity index is 455. The molecule has 0 aliphatic carbocycles. The summed E-state index contributed by atoms with van der Waals surface area (Å²) in [6, 6.07) is 0.468. The zero-order valence-corrected chi connectivity index (χ0v) is 10.5. The predicted octanol–water partition coefficient (Wildman–Crippen LogP) is -0.262. The van der Waals surface area contributed by atoms with E-state index < -0.39 is 0 Å². The van der Waals surface area contributed by atoms with Gasteiger partial charge < -0.3 is 20.5 Å². The van der Waals surface area contributed by atoms with E-state index in [0.717, 1.165) is 13.1 Å². The topological polar surface area (TPSA) is 78.2 Å². The Balaban J connectivity index is 2.26. The Hall–Kier alpha value is -1.56. The predicted molar refractivity (Wildman–Crippen MR) is 68.1 cm³/mol. The molecule has 2 atom stereocenters. The molecule has 1 fully saturated rings. The lowest BCUT2D eigenvalue weighted by atomic mass is 10.1. The van der Waals surface area contributed by atoms with E-state index in [-0.39, 0.29) is 11.2 Å². The van der Waals surface area contributed by atoms with Gasteiger partial charge in [0.1, 0.15) is 5.69 Å². The highest BCUT2D eigenvalue weighted by molar-refractivity contribution is 5.61. The van der Waals surface area contributed by atoms with Crippen molar-refractivity contribution in [2.45, 2.75) is 13.0 Å². The van der Waals surface area contributed by atoms with E-state index >= 15 is 0 Å². The van der Waals surface area contributed by atoms with Crippen LogP contribution in [0.2, 0.25) is 0 Å². The monoisotopic (exact) mass is 237 g/mol. The first kappa shape index (κ1) is 11.9. The lowest BCUT2D eigenvalue weighted by molar-refractivity contribution is 0.266. The van der Waals surface area contributed by atoms with Gasteiger partial charge in [0, 0.05) is 19.1 Å². The molecule has 1 aromatic rings. The maximum Gasteiger partial charge on any atom is 0.276 e. The summed E-state index contributed by atoms with van der Waals surface area (Å²) >= 11 is 0. The standard InChI is InChI=1S/C11H19N5O/c1-7-4-16(5-8(7)15(2)3)10-9(12)11(17)14-6-13-10/h6-8H,4-5,12H2,1-3H3,(H,13,14,17). The zero-order valence-electron chi connectivity index (χ0n) is 10.5. The first-order valence-electron chi connectivity index (χ1n) is 5.75. The number of nitrogens with one attached hydrogen (secondary N) is 1. The van der Waals surface area contributed by atoms with Gasteiger partial charge in [-0.15, -0.1) is 0 Å². The van der Waals surface area contributed by atoms with Crippen LogP contribution in [0.15, 0.2) is 11.1 Å². The molecule has 17 heavy (non-hydrogen) atoms. The maximum atomic E-state index is 11.4. The second kappa shape index (κ2) is 4.37. The van der Waals surface area contributed by atoms with Crippen LogP contribution in [0, 0.1) is 5.92 Å². The van der Waals surface area contributed by atoms with Crippen LogP contribution in [-0.2, 0) is 0 Å². The summed E-state index contributed by atoms with van der Waals surface area (Å²) in [5, 5.41) is 0. The maximum absolute atomic E-state index is 11.4. The minimum absolute atomic E-state index is 0.208. The van der Waals surface area contributed by atoms with Gasteiger partial charge in [0.15, 0.2) is 5.82 Å². The van der Waals surface area contributed by atoms with E-state index in [4.69, 9.17) is 5.73 Å². The van der Waals surface area contributed by atoms with E-state index in [1.165, 1.54) is 6.33 Å². The largest absolute Gasteiger partial charge is 0.391 e. The molecule has 0 spiro atoms. The van der Waals surface area contributed by atoms with Crippen molar-refractivity contribution in [1.82, 2.24) is 14.9 Å². The first-order valence-corrected chi connectivity index (χ1v) is 5.75. The Morgan fingerprint density at radius 3 is 2.82 bits per heavy atom. The number of hydrogen-bond acceptors (Lipinski definition) is 5. The molecule has 0 amide bonds. The second-order valence-electron chi connectivity index (χ2n) is 4.88. The molecule has 0 saturated carbocycles. The summed E-state index contributed by atoms with van der Waals surface area (Å²) in [5.74, 6) is 1.13. The molecule has 1 aromatic heterocycles. The first-order chi connectivity index (χ1) is 8.00. The number of nitrogens with zero attached hydrogens (tertiary/aromatic N) is 3. The van der Waals surface area contributed by atoms with Crippen molar-refractivity contribution >= 4 is 11.5 Å². The summed E-state index contributed by atoms with van der Waals surface area (Å²) in [7, 11) is 4.14. The molecule has 2 heterocycles. The molecule has 6 heteroatoms. The third-order valence-electron chi connectivity index (χ3n) is 3.40. The van der Waals surface area contributed by atoms with Gasteiger partial charge in [0.2, 0.25) is 0 Å². The fourth-order valence-electron chi connectivity index (χ4n) is 2.45. The average Bonchev–Trinajstić information content (AvgIpc) is 2.64. The summed E-state index contributed by atoms with van der Waals surface area (Å²) in [5.41, 5.74) is 5.71. The number of aromatic amines is 1. The van der Waals surface area contributed by atoms with Gasteiger partial charge in [-0.2, -0.15) is 0 Å². The number of nitrogen functional groups attached to an aromatic ring is 1. The van der Waals surface area contributed by atoms with Crippen LogP contribution in [0.1, 0.15) is 6.92 Å². The Labute approximate surface area is 100 Å². The minimum atomic E-state index is -0.268. The van der Waals surface area contributed by atoms with Gasteiger partial charge in [0.05, 0.1) is 6.33 Å². The summed E-state index contributed by atoms with van der Waals surface area (Å²) in [4.78, 5) is 22.4. The molecule has 0 aromatic carbocycles. The van der Waals surface area contributed by atoms with Crippen LogP contribution in [-0.4, -0.2) is 48.1 Å². The van der Waals surface area contributed by atoms with Crippen LogP contribution in [0.4, 0.5) is 11.5 Å². The van der Waals surface area contributed by atoms with Crippen molar-refractivity contribution in [3.05, 3.63) is 16.7 Å². The third-order valence-corrected chi connectivity index (χ3v) is 3.40. The lowest BCUT2D eigenvalue weighted by Gasteiger charge is -2.22. The van der Waals surface area contributed by atoms with Crippen molar-refractivity contribution in [3.63, 3.8) is 0 Å². The molecule has 94 valence electrons. The van der Waals surface area contributed by atoms with Crippen molar-refractivity contribution in [1.29, 1.82) is 0 Å². The molecule has 0 radical (unpaired) electrons. The van der Waals surface area contributed by atoms with Gasteiger partial charge in [0.25, 0.3) is 5.56 Å². The molecule has 6 nitrogen and oxygen atoms in total. The molecular formula is C11H19N5O. The number of H-pyrrole nitrogens is 1. The molecule has 3 N–H and O–H groups in total. The highest BCUT2D eigenvalue weighted by Gasteiger charge is 2.32. The van der Waals surface area contributed by atoms with Crippen molar-refractivity contribution < 1.29 is 0 Å². The van der Waals surface area contributed by atoms with Crippen molar-refractivity contribution in [3.8, 4) is 0 Å². The number of likely N-dealkylation sites (N-methyl/N-ethyl adjacent to an activating group) is 1. The van der Waals surface area contributed by atoms with Crippen LogP contribution in [0.25, 0.3) is 0 Å². The Morgan fingerprint density at radius 2 is 2.24 bits per heavy atom. The second-order valence-corrected chi connectivity index (χ2v) is 4.88. The van der Waals surface area contributed by atoms with Crippen molar-refractivity contribution in [2.75, 3.05) is 37.8 Å². The van der Waals surface area contributed by atoms with Crippen molar-refractivity contribution in [2.24, 2.45) is 5.92 Å². The van der Waals surface area contributed by atoms with Gasteiger partial charge >= 0.3 is 0 Å². The molecule has 1 aliphatic rings. The number of hydrogen-bond donors (Lipinski definition) is 2. The smallest absolute Gasteiger partial charge is 0.276 e. The van der Waals surface area contributed by atoms with Gasteiger partial charge in [-0.3, -0.25) is 4.79 Å². The molecule has 2 rings (SSSR count). The van der Waals surface area contributed by atoms with Crippen LogP contribution in [0.3, 0.4) is 0 Å². The van der Waals surface area contributed by atoms with E-state index in [1.807, 2.05) is 0 Å². The fraction of sp³-hybridized carbons (Fsp3) is 0.636. The summed E-state index contributed by atoms with van der Waals surface area (Å²) in [6.45, 7) is 3.94. The normalized spacial score (nSPS) is 24.6. The molecular weight excluding hydrogens is 218 g/mol.